The highest BCUT2D eigenvalue weighted by atomic mass is 32.2. The maximum atomic E-state index is 12.1. The number of esters is 1. The minimum Gasteiger partial charge on any atom is -0.455 e. The summed E-state index contributed by atoms with van der Waals surface area (Å²) in [6.45, 7) is 3.96. The average Bonchev–Trinajstić information content (AvgIpc) is 2.58. The zero-order valence-electron chi connectivity index (χ0n) is 14.9. The second kappa shape index (κ2) is 9.88. The minimum atomic E-state index is -3.93. The Morgan fingerprint density at radius 1 is 1.15 bits per heavy atom. The van der Waals surface area contributed by atoms with Crippen molar-refractivity contribution in [1.29, 1.82) is 0 Å². The average molecular weight is 385 g/mol. The van der Waals surface area contributed by atoms with Crippen LogP contribution in [-0.4, -0.2) is 45.4 Å². The molecular formula is C16H23N3O6S. The zero-order chi connectivity index (χ0) is 19.7. The zero-order valence-corrected chi connectivity index (χ0v) is 15.7. The smallest absolute Gasteiger partial charge is 0.321 e. The number of hydrogen-bond acceptors (Lipinski definition) is 6. The Morgan fingerprint density at radius 2 is 1.77 bits per heavy atom. The van der Waals surface area contributed by atoms with Crippen molar-refractivity contribution in [1.82, 2.24) is 10.0 Å². The number of anilines is 1. The van der Waals surface area contributed by atoms with Crippen LogP contribution in [0.2, 0.25) is 0 Å². The van der Waals surface area contributed by atoms with Crippen molar-refractivity contribution < 1.29 is 27.5 Å². The summed E-state index contributed by atoms with van der Waals surface area (Å²) >= 11 is 0. The molecule has 0 heterocycles. The lowest BCUT2D eigenvalue weighted by molar-refractivity contribution is -0.147. The number of amides is 2. The van der Waals surface area contributed by atoms with Gasteiger partial charge >= 0.3 is 5.97 Å². The van der Waals surface area contributed by atoms with Crippen molar-refractivity contribution in [2.75, 3.05) is 18.5 Å². The quantitative estimate of drug-likeness (QED) is 0.527. The molecule has 9 nitrogen and oxygen atoms in total. The molecule has 2 amide bonds. The van der Waals surface area contributed by atoms with Crippen molar-refractivity contribution >= 4 is 33.5 Å². The van der Waals surface area contributed by atoms with E-state index >= 15 is 0 Å². The molecule has 0 bridgehead atoms. The van der Waals surface area contributed by atoms with Crippen molar-refractivity contribution in [3.63, 3.8) is 0 Å². The molecule has 0 unspecified atom stereocenters. The van der Waals surface area contributed by atoms with Gasteiger partial charge in [0.15, 0.2) is 6.61 Å². The van der Waals surface area contributed by atoms with Crippen LogP contribution in [0.4, 0.5) is 5.69 Å². The van der Waals surface area contributed by atoms with E-state index in [0.717, 1.165) is 6.42 Å². The Kier molecular flexibility index (Phi) is 8.20. The standard InChI is InChI=1S/C16H23N3O6S/c1-4-11(2)18-15(21)10-25-16(22)9-17-26(23,24)14-7-5-13(6-8-14)19-12(3)20/h5-8,11,17H,4,9-10H2,1-3H3,(H,18,21)(H,19,20)/t11-/m0/s1. The Balaban J connectivity index is 2.50. The predicted molar refractivity (Wildman–Crippen MR) is 94.8 cm³/mol. The number of carbonyl (C=O) groups is 3. The van der Waals surface area contributed by atoms with E-state index in [2.05, 4.69) is 15.4 Å². The highest BCUT2D eigenvalue weighted by molar-refractivity contribution is 7.89. The van der Waals surface area contributed by atoms with E-state index < -0.39 is 35.1 Å². The van der Waals surface area contributed by atoms with Crippen LogP contribution in [-0.2, 0) is 29.1 Å². The maximum absolute atomic E-state index is 12.1. The van der Waals surface area contributed by atoms with Gasteiger partial charge in [-0.1, -0.05) is 6.92 Å². The molecule has 0 fully saturated rings. The summed E-state index contributed by atoms with van der Waals surface area (Å²) < 4.78 is 31.0. The molecule has 0 radical (unpaired) electrons. The van der Waals surface area contributed by atoms with Crippen LogP contribution in [0.25, 0.3) is 0 Å². The fraction of sp³-hybridized carbons (Fsp3) is 0.438. The van der Waals surface area contributed by atoms with Crippen molar-refractivity contribution in [3.05, 3.63) is 24.3 Å². The second-order valence-electron chi connectivity index (χ2n) is 5.57. The van der Waals surface area contributed by atoms with E-state index in [9.17, 15) is 22.8 Å². The SMILES string of the molecule is CC[C@H](C)NC(=O)COC(=O)CNS(=O)(=O)c1ccc(NC(C)=O)cc1. The van der Waals surface area contributed by atoms with E-state index in [1.165, 1.54) is 31.2 Å². The second-order valence-corrected chi connectivity index (χ2v) is 7.33. The summed E-state index contributed by atoms with van der Waals surface area (Å²) in [5.74, 6) is -1.61. The summed E-state index contributed by atoms with van der Waals surface area (Å²) in [5.41, 5.74) is 0.447. The number of hydrogen-bond donors (Lipinski definition) is 3. The third kappa shape index (κ3) is 7.62. The molecule has 0 aromatic heterocycles. The van der Waals surface area contributed by atoms with Crippen molar-refractivity contribution in [3.8, 4) is 0 Å². The van der Waals surface area contributed by atoms with Crippen LogP contribution in [0.1, 0.15) is 27.2 Å². The molecule has 3 N–H and O–H groups in total. The molecule has 0 aliphatic carbocycles. The monoisotopic (exact) mass is 385 g/mol. The van der Waals surface area contributed by atoms with Gasteiger partial charge in [0.25, 0.3) is 5.91 Å². The molecular weight excluding hydrogens is 362 g/mol. The van der Waals surface area contributed by atoms with Gasteiger partial charge in [-0.3, -0.25) is 14.4 Å². The molecule has 0 aliphatic rings. The number of nitrogens with one attached hydrogen (secondary N) is 3. The van der Waals surface area contributed by atoms with Gasteiger partial charge < -0.3 is 15.4 Å². The third-order valence-corrected chi connectivity index (χ3v) is 4.69. The first-order chi connectivity index (χ1) is 12.1. The first kappa shape index (κ1) is 21.6. The van der Waals surface area contributed by atoms with Gasteiger partial charge in [-0.25, -0.2) is 8.42 Å². The molecule has 0 saturated carbocycles. The van der Waals surface area contributed by atoms with Gasteiger partial charge in [-0.2, -0.15) is 4.72 Å². The lowest BCUT2D eigenvalue weighted by Gasteiger charge is -2.11. The van der Waals surface area contributed by atoms with Gasteiger partial charge in [-0.15, -0.1) is 0 Å². The lowest BCUT2D eigenvalue weighted by Crippen LogP contribution is -2.37. The topological polar surface area (TPSA) is 131 Å². The van der Waals surface area contributed by atoms with Gasteiger partial charge in [0, 0.05) is 18.7 Å². The van der Waals surface area contributed by atoms with Crippen LogP contribution in [0.15, 0.2) is 29.2 Å². The van der Waals surface area contributed by atoms with Crippen molar-refractivity contribution in [2.24, 2.45) is 0 Å². The normalized spacial score (nSPS) is 12.1. The van der Waals surface area contributed by atoms with Gasteiger partial charge in [0.2, 0.25) is 15.9 Å². The molecule has 144 valence electrons. The van der Waals surface area contributed by atoms with Crippen molar-refractivity contribution in [2.45, 2.75) is 38.1 Å². The van der Waals surface area contributed by atoms with Crippen LogP contribution in [0, 0.1) is 0 Å². The summed E-state index contributed by atoms with van der Waals surface area (Å²) in [7, 11) is -3.93. The maximum Gasteiger partial charge on any atom is 0.321 e. The first-order valence-electron chi connectivity index (χ1n) is 7.96. The van der Waals surface area contributed by atoms with E-state index in [-0.39, 0.29) is 16.8 Å². The molecule has 1 rings (SSSR count). The molecule has 1 aromatic rings. The first-order valence-corrected chi connectivity index (χ1v) is 9.44. The number of benzene rings is 1. The van der Waals surface area contributed by atoms with Crippen LogP contribution in [0.3, 0.4) is 0 Å². The fourth-order valence-corrected chi connectivity index (χ4v) is 2.74. The summed E-state index contributed by atoms with van der Waals surface area (Å²) in [4.78, 5) is 33.9. The van der Waals surface area contributed by atoms with Gasteiger partial charge in [-0.05, 0) is 37.6 Å². The number of sulfonamides is 1. The molecule has 0 saturated heterocycles. The van der Waals surface area contributed by atoms with Gasteiger partial charge in [0.1, 0.15) is 6.54 Å². The van der Waals surface area contributed by atoms with E-state index in [1.54, 1.807) is 0 Å². The number of rotatable bonds is 9. The van der Waals surface area contributed by atoms with E-state index in [0.29, 0.717) is 5.69 Å². The van der Waals surface area contributed by atoms with Crippen LogP contribution in [0.5, 0.6) is 0 Å². The highest BCUT2D eigenvalue weighted by Gasteiger charge is 2.17. The van der Waals surface area contributed by atoms with E-state index in [4.69, 9.17) is 4.74 Å². The minimum absolute atomic E-state index is 0.0415. The Morgan fingerprint density at radius 3 is 2.31 bits per heavy atom. The third-order valence-electron chi connectivity index (χ3n) is 3.28. The molecule has 0 aliphatic heterocycles. The summed E-state index contributed by atoms with van der Waals surface area (Å²) in [6.07, 6.45) is 0.736. The fourth-order valence-electron chi connectivity index (χ4n) is 1.77. The Labute approximate surface area is 152 Å². The van der Waals surface area contributed by atoms with Gasteiger partial charge in [0.05, 0.1) is 4.90 Å². The van der Waals surface area contributed by atoms with Crippen LogP contribution < -0.4 is 15.4 Å². The van der Waals surface area contributed by atoms with E-state index in [1.807, 2.05) is 13.8 Å². The Bertz CT molecular complexity index is 746. The largest absolute Gasteiger partial charge is 0.455 e. The lowest BCUT2D eigenvalue weighted by atomic mass is 10.2. The summed E-state index contributed by atoms with van der Waals surface area (Å²) in [6, 6.07) is 5.39. The molecule has 26 heavy (non-hydrogen) atoms. The predicted octanol–water partition coefficient (Wildman–Crippen LogP) is 0.381. The van der Waals surface area contributed by atoms with Crippen LogP contribution >= 0.6 is 0 Å². The molecule has 0 spiro atoms. The molecule has 1 aromatic carbocycles. The molecule has 10 heteroatoms. The molecule has 1 atom stereocenters. The number of ether oxygens (including phenoxy) is 1. The summed E-state index contributed by atoms with van der Waals surface area (Å²) in [5, 5.41) is 5.13. The highest BCUT2D eigenvalue weighted by Crippen LogP contribution is 2.13. The Hall–Kier alpha value is -2.46. The number of carbonyl (C=O) groups excluding carboxylic acids is 3.